The van der Waals surface area contributed by atoms with E-state index in [1.807, 2.05) is 0 Å². The molecule has 3 heterocycles. The molecule has 18 heavy (non-hydrogen) atoms. The van der Waals surface area contributed by atoms with Crippen molar-refractivity contribution in [2.24, 2.45) is 0 Å². The van der Waals surface area contributed by atoms with Gasteiger partial charge in [0.05, 0.1) is 4.88 Å². The predicted octanol–water partition coefficient (Wildman–Crippen LogP) is 3.95. The van der Waals surface area contributed by atoms with E-state index in [4.69, 9.17) is 12.2 Å². The van der Waals surface area contributed by atoms with Crippen LogP contribution in [-0.2, 0) is 6.54 Å². The van der Waals surface area contributed by atoms with Gasteiger partial charge in [0.1, 0.15) is 0 Å². The highest BCUT2D eigenvalue weighted by Crippen LogP contribution is 2.29. The lowest BCUT2D eigenvalue weighted by Crippen LogP contribution is -2.17. The van der Waals surface area contributed by atoms with Crippen molar-refractivity contribution in [1.82, 2.24) is 14.8 Å². The molecule has 1 aliphatic rings. The number of aromatic nitrogens is 3. The highest BCUT2D eigenvalue weighted by atomic mass is 32.2. The summed E-state index contributed by atoms with van der Waals surface area (Å²) >= 11 is 9.14. The number of thiophene rings is 1. The van der Waals surface area contributed by atoms with Crippen molar-refractivity contribution < 1.29 is 0 Å². The largest absolute Gasteiger partial charge is 0.298 e. The van der Waals surface area contributed by atoms with Gasteiger partial charge < -0.3 is 0 Å². The molecule has 0 bridgehead atoms. The second-order valence-electron chi connectivity index (χ2n) is 4.43. The van der Waals surface area contributed by atoms with Crippen LogP contribution >= 0.6 is 35.3 Å². The lowest BCUT2D eigenvalue weighted by Gasteiger charge is -2.21. The van der Waals surface area contributed by atoms with Crippen LogP contribution in [-0.4, -0.2) is 25.8 Å². The number of rotatable bonds is 3. The number of hydrogen-bond donors (Lipinski definition) is 1. The molecular weight excluding hydrogens is 282 g/mol. The maximum absolute atomic E-state index is 5.36. The monoisotopic (exact) mass is 297 g/mol. The third kappa shape index (κ3) is 2.55. The summed E-state index contributed by atoms with van der Waals surface area (Å²) in [5.74, 6) is 2.27. The smallest absolute Gasteiger partial charge is 0.195 e. The van der Waals surface area contributed by atoms with Gasteiger partial charge in [0.2, 0.25) is 0 Å². The molecule has 1 atom stereocenters. The van der Waals surface area contributed by atoms with E-state index in [0.29, 0.717) is 5.25 Å². The van der Waals surface area contributed by atoms with Gasteiger partial charge in [-0.3, -0.25) is 9.67 Å². The van der Waals surface area contributed by atoms with Gasteiger partial charge in [0, 0.05) is 11.8 Å². The van der Waals surface area contributed by atoms with E-state index >= 15 is 0 Å². The Morgan fingerprint density at radius 2 is 2.44 bits per heavy atom. The normalized spacial score (nSPS) is 20.1. The molecule has 2 aromatic rings. The van der Waals surface area contributed by atoms with E-state index in [0.717, 1.165) is 17.1 Å². The lowest BCUT2D eigenvalue weighted by atomic mass is 10.2. The summed E-state index contributed by atoms with van der Waals surface area (Å²) in [6, 6.07) is 4.15. The van der Waals surface area contributed by atoms with Crippen LogP contribution < -0.4 is 0 Å². The zero-order valence-electron chi connectivity index (χ0n) is 9.96. The van der Waals surface area contributed by atoms with Crippen molar-refractivity contribution in [2.75, 3.05) is 5.75 Å². The molecule has 0 amide bonds. The summed E-state index contributed by atoms with van der Waals surface area (Å²) in [7, 11) is 0. The topological polar surface area (TPSA) is 33.6 Å². The average Bonchev–Trinajstić information content (AvgIpc) is 3.02. The van der Waals surface area contributed by atoms with Crippen molar-refractivity contribution >= 4 is 35.3 Å². The number of nitrogens with one attached hydrogen (secondary N) is 1. The van der Waals surface area contributed by atoms with Crippen LogP contribution in [0.25, 0.3) is 10.7 Å². The first kappa shape index (κ1) is 12.4. The molecule has 6 heteroatoms. The zero-order valence-corrected chi connectivity index (χ0v) is 12.4. The first-order valence-electron chi connectivity index (χ1n) is 6.15. The molecule has 3 nitrogen and oxygen atoms in total. The molecule has 1 unspecified atom stereocenters. The predicted molar refractivity (Wildman–Crippen MR) is 80.8 cm³/mol. The summed E-state index contributed by atoms with van der Waals surface area (Å²) in [5.41, 5.74) is 0. The third-order valence-electron chi connectivity index (χ3n) is 3.16. The van der Waals surface area contributed by atoms with Crippen LogP contribution in [0.2, 0.25) is 0 Å². The highest BCUT2D eigenvalue weighted by molar-refractivity contribution is 7.99. The SMILES string of the molecule is S=c1[nH]nc(-c2cccs2)n1CC1CCCCS1. The van der Waals surface area contributed by atoms with Crippen LogP contribution in [0.4, 0.5) is 0 Å². The number of aromatic amines is 1. The molecule has 0 aromatic carbocycles. The molecule has 0 saturated carbocycles. The van der Waals surface area contributed by atoms with E-state index in [2.05, 4.69) is 44.0 Å². The van der Waals surface area contributed by atoms with Crippen LogP contribution in [0.1, 0.15) is 19.3 Å². The molecule has 0 spiro atoms. The minimum Gasteiger partial charge on any atom is -0.298 e. The second-order valence-corrected chi connectivity index (χ2v) is 7.17. The van der Waals surface area contributed by atoms with Crippen molar-refractivity contribution in [3.8, 4) is 10.7 Å². The van der Waals surface area contributed by atoms with Gasteiger partial charge in [-0.05, 0) is 42.3 Å². The Morgan fingerprint density at radius 3 is 3.17 bits per heavy atom. The molecule has 0 aliphatic carbocycles. The van der Waals surface area contributed by atoms with Crippen LogP contribution in [0.15, 0.2) is 17.5 Å². The van der Waals surface area contributed by atoms with Crippen molar-refractivity contribution in [2.45, 2.75) is 31.1 Å². The van der Waals surface area contributed by atoms with Crippen molar-refractivity contribution in [3.05, 3.63) is 22.3 Å². The summed E-state index contributed by atoms with van der Waals surface area (Å²) in [4.78, 5) is 1.18. The van der Waals surface area contributed by atoms with E-state index in [9.17, 15) is 0 Å². The number of H-pyrrole nitrogens is 1. The van der Waals surface area contributed by atoms with E-state index in [1.54, 1.807) is 11.3 Å². The fourth-order valence-electron chi connectivity index (χ4n) is 2.24. The van der Waals surface area contributed by atoms with Gasteiger partial charge in [-0.1, -0.05) is 12.5 Å². The van der Waals surface area contributed by atoms with E-state index < -0.39 is 0 Å². The summed E-state index contributed by atoms with van der Waals surface area (Å²) in [6.45, 7) is 0.979. The number of nitrogens with zero attached hydrogens (tertiary/aromatic N) is 2. The number of hydrogen-bond acceptors (Lipinski definition) is 4. The lowest BCUT2D eigenvalue weighted by molar-refractivity contribution is 0.582. The van der Waals surface area contributed by atoms with Crippen LogP contribution in [0.5, 0.6) is 0 Å². The molecule has 3 rings (SSSR count). The van der Waals surface area contributed by atoms with Gasteiger partial charge in [-0.2, -0.15) is 16.9 Å². The first-order chi connectivity index (χ1) is 8.84. The van der Waals surface area contributed by atoms with Gasteiger partial charge >= 0.3 is 0 Å². The van der Waals surface area contributed by atoms with Gasteiger partial charge in [0.15, 0.2) is 10.6 Å². The maximum atomic E-state index is 5.36. The minimum absolute atomic E-state index is 0.682. The minimum atomic E-state index is 0.682. The Kier molecular flexibility index (Phi) is 3.86. The Bertz CT molecular complexity index is 549. The van der Waals surface area contributed by atoms with Crippen LogP contribution in [0.3, 0.4) is 0 Å². The van der Waals surface area contributed by atoms with Gasteiger partial charge in [-0.15, -0.1) is 11.3 Å². The second kappa shape index (κ2) is 5.59. The summed E-state index contributed by atoms with van der Waals surface area (Å²) in [6.07, 6.45) is 3.99. The molecule has 1 N–H and O–H groups in total. The Balaban J connectivity index is 1.86. The number of thioether (sulfide) groups is 1. The highest BCUT2D eigenvalue weighted by Gasteiger charge is 2.18. The fourth-order valence-corrected chi connectivity index (χ4v) is 4.46. The maximum Gasteiger partial charge on any atom is 0.195 e. The Labute approximate surface area is 120 Å². The molecule has 2 aromatic heterocycles. The van der Waals surface area contributed by atoms with E-state index in [-0.39, 0.29) is 0 Å². The Morgan fingerprint density at radius 1 is 1.50 bits per heavy atom. The van der Waals surface area contributed by atoms with Gasteiger partial charge in [0.25, 0.3) is 0 Å². The van der Waals surface area contributed by atoms with E-state index in [1.165, 1.54) is 29.9 Å². The standard InChI is InChI=1S/C12H15N3S3/c16-12-14-13-11(10-5-3-7-18-10)15(12)8-9-4-1-2-6-17-9/h3,5,7,9H,1-2,4,6,8H2,(H,14,16). The molecular formula is C12H15N3S3. The third-order valence-corrected chi connectivity index (χ3v) is 5.72. The molecule has 1 fully saturated rings. The average molecular weight is 297 g/mol. The zero-order chi connectivity index (χ0) is 12.4. The van der Waals surface area contributed by atoms with Crippen molar-refractivity contribution in [1.29, 1.82) is 0 Å². The first-order valence-corrected chi connectivity index (χ1v) is 8.49. The van der Waals surface area contributed by atoms with Crippen LogP contribution in [0, 0.1) is 4.77 Å². The van der Waals surface area contributed by atoms with Crippen molar-refractivity contribution in [3.63, 3.8) is 0 Å². The van der Waals surface area contributed by atoms with Gasteiger partial charge in [-0.25, -0.2) is 0 Å². The quantitative estimate of drug-likeness (QED) is 0.871. The molecule has 0 radical (unpaired) electrons. The fraction of sp³-hybridized carbons (Fsp3) is 0.500. The molecule has 96 valence electrons. The summed E-state index contributed by atoms with van der Waals surface area (Å²) < 4.78 is 2.90. The molecule has 1 aliphatic heterocycles. The summed E-state index contributed by atoms with van der Waals surface area (Å²) in [5, 5.41) is 10.1. The molecule has 1 saturated heterocycles. The Hall–Kier alpha value is -0.590.